The van der Waals surface area contributed by atoms with E-state index < -0.39 is 77.5 Å². The Morgan fingerprint density at radius 1 is 0.733 bits per heavy atom. The summed E-state index contributed by atoms with van der Waals surface area (Å²) in [6.45, 7) is -4.26. The van der Waals surface area contributed by atoms with Gasteiger partial charge in [-0.05, 0) is 10.4 Å². The summed E-state index contributed by atoms with van der Waals surface area (Å²) in [5.74, 6) is 0. The van der Waals surface area contributed by atoms with E-state index in [1.54, 1.807) is 0 Å². The molecule has 15 heavy (non-hydrogen) atoms. The second-order valence-corrected chi connectivity index (χ2v) is 8.71. The van der Waals surface area contributed by atoms with Gasteiger partial charge >= 0.3 is 6.69 Å². The molecule has 2 aromatic carbocycles. The quantitative estimate of drug-likeness (QED) is 0.577. The van der Waals surface area contributed by atoms with Gasteiger partial charge in [-0.1, -0.05) is 60.4 Å². The topological polar surface area (TPSA) is 0 Å². The van der Waals surface area contributed by atoms with Gasteiger partial charge in [0, 0.05) is 0 Å². The zero-order chi connectivity index (χ0) is 19.4. The molecule has 0 spiro atoms. The lowest BCUT2D eigenvalue weighted by Crippen LogP contribution is -2.48. The monoisotopic (exact) mass is 262 g/mol. The number of rotatable bonds is 2. The van der Waals surface area contributed by atoms with Crippen LogP contribution in [0.15, 0.2) is 60.4 Å². The van der Waals surface area contributed by atoms with Crippen molar-refractivity contribution in [1.82, 2.24) is 0 Å². The average molecular weight is 263 g/mol. The molecule has 3 heteroatoms. The molecule has 0 fully saturated rings. The van der Waals surface area contributed by atoms with Crippen molar-refractivity contribution in [2.24, 2.45) is 0 Å². The molecule has 0 radical (unpaired) electrons. The molecule has 2 aromatic rings. The lowest BCUT2D eigenvalue weighted by molar-refractivity contribution is 1.74. The van der Waals surface area contributed by atoms with Gasteiger partial charge in [-0.3, -0.25) is 0 Å². The summed E-state index contributed by atoms with van der Waals surface area (Å²) in [5.41, 5.74) is 0. The third kappa shape index (κ3) is 2.25. The van der Waals surface area contributed by atoms with E-state index in [-0.39, 0.29) is 0 Å². The molecule has 0 unspecified atom stereocenters. The van der Waals surface area contributed by atoms with E-state index in [0.717, 1.165) is 0 Å². The summed E-state index contributed by atoms with van der Waals surface area (Å²) in [4.78, 5) is 0. The summed E-state index contributed by atoms with van der Waals surface area (Å²) >= 11 is 12.7. The maximum atomic E-state index is 7.97. The number of halogens is 2. The molecular formula is C12H10Cl2Si. The molecule has 0 aromatic heterocycles. The third-order valence-electron chi connectivity index (χ3n) is 1.63. The smallest absolute Gasteiger partial charge is 0.134 e. The van der Waals surface area contributed by atoms with Crippen LogP contribution in [0.4, 0.5) is 0 Å². The minimum atomic E-state index is -4.26. The third-order valence-corrected chi connectivity index (χ3v) is 5.65. The van der Waals surface area contributed by atoms with Gasteiger partial charge in [0.15, 0.2) is 0 Å². The van der Waals surface area contributed by atoms with Crippen molar-refractivity contribution in [2.75, 3.05) is 0 Å². The Labute approximate surface area is 114 Å². The first-order valence-electron chi connectivity index (χ1n) is 8.88. The van der Waals surface area contributed by atoms with Gasteiger partial charge in [0.05, 0.1) is 13.7 Å². The van der Waals surface area contributed by atoms with Crippen LogP contribution in [0.25, 0.3) is 0 Å². The van der Waals surface area contributed by atoms with Gasteiger partial charge in [0.25, 0.3) is 0 Å². The molecule has 0 atom stereocenters. The fourth-order valence-electron chi connectivity index (χ4n) is 0.939. The lowest BCUT2D eigenvalue weighted by atomic mass is 10.4. The lowest BCUT2D eigenvalue weighted by Gasteiger charge is -2.17. The molecule has 0 aliphatic carbocycles. The molecule has 0 aliphatic rings. The van der Waals surface area contributed by atoms with Gasteiger partial charge in [-0.2, -0.15) is 0 Å². The van der Waals surface area contributed by atoms with E-state index in [0.29, 0.717) is 0 Å². The molecule has 0 aliphatic heterocycles. The summed E-state index contributed by atoms with van der Waals surface area (Å²) in [5, 5.41) is -0.888. The van der Waals surface area contributed by atoms with Gasteiger partial charge in [-0.25, -0.2) is 0 Å². The first-order chi connectivity index (χ1) is 11.4. The van der Waals surface area contributed by atoms with Crippen molar-refractivity contribution in [2.45, 2.75) is 0 Å². The van der Waals surface area contributed by atoms with Crippen LogP contribution in [-0.2, 0) is 0 Å². The van der Waals surface area contributed by atoms with Crippen LogP contribution in [-0.4, -0.2) is 6.69 Å². The zero-order valence-corrected chi connectivity index (χ0v) is 9.77. The second-order valence-electron chi connectivity index (χ2n) is 2.57. The highest BCUT2D eigenvalue weighted by Crippen LogP contribution is 2.14. The number of hydrogen-bond donors (Lipinski definition) is 0. The van der Waals surface area contributed by atoms with Crippen LogP contribution in [0.1, 0.15) is 13.7 Å². The van der Waals surface area contributed by atoms with Crippen molar-refractivity contribution in [3.63, 3.8) is 0 Å². The number of benzene rings is 2. The minimum Gasteiger partial charge on any atom is -0.134 e. The molecule has 2 rings (SSSR count). The van der Waals surface area contributed by atoms with Crippen molar-refractivity contribution in [3.05, 3.63) is 60.4 Å². The normalized spacial score (nSPS) is 20.7. The highest BCUT2D eigenvalue weighted by Gasteiger charge is 2.32. The van der Waals surface area contributed by atoms with Crippen LogP contribution in [0, 0.1) is 0 Å². The summed E-state index contributed by atoms with van der Waals surface area (Å²) in [7, 11) is 0. The highest BCUT2D eigenvalue weighted by atomic mass is 35.7. The Morgan fingerprint density at radius 3 is 1.40 bits per heavy atom. The van der Waals surface area contributed by atoms with Gasteiger partial charge in [0.1, 0.15) is 0 Å². The van der Waals surface area contributed by atoms with Crippen LogP contribution in [0.5, 0.6) is 0 Å². The van der Waals surface area contributed by atoms with Crippen LogP contribution < -0.4 is 10.4 Å². The van der Waals surface area contributed by atoms with Crippen LogP contribution in [0.2, 0.25) is 0 Å². The Morgan fingerprint density at radius 2 is 1.07 bits per heavy atom. The van der Waals surface area contributed by atoms with E-state index >= 15 is 0 Å². The Hall–Kier alpha value is -0.763. The Balaban J connectivity index is 2.96. The molecule has 0 amide bonds. The molecule has 0 bridgehead atoms. The largest absolute Gasteiger partial charge is 0.310 e. The van der Waals surface area contributed by atoms with Gasteiger partial charge in [-0.15, -0.1) is 22.2 Å². The SMILES string of the molecule is [2H]c1c([2H])c([2H])c([Si](Cl)(Cl)c2c([2H])c([2H])c([2H])c([2H])c2[2H])c([2H])c1[2H]. The molecule has 76 valence electrons. The van der Waals surface area contributed by atoms with E-state index in [4.69, 9.17) is 35.9 Å². The molecular weight excluding hydrogens is 243 g/mol. The number of hydrogen-bond acceptors (Lipinski definition) is 0. The molecule has 0 nitrogen and oxygen atoms in total. The molecule has 0 saturated heterocycles. The van der Waals surface area contributed by atoms with E-state index in [2.05, 4.69) is 0 Å². The Bertz CT molecular complexity index is 769. The van der Waals surface area contributed by atoms with Gasteiger partial charge in [0.2, 0.25) is 0 Å². The standard InChI is InChI=1S/C12H10Cl2Si/c13-15(14,11-7-3-1-4-8-11)12-9-5-2-6-10-12/h1-10H/i1D,2D,3D,4D,5D,6D,7D,8D,9D,10D. The molecule has 0 saturated carbocycles. The van der Waals surface area contributed by atoms with Crippen molar-refractivity contribution < 1.29 is 13.7 Å². The fourth-order valence-corrected chi connectivity index (χ4v) is 3.20. The van der Waals surface area contributed by atoms with E-state index in [9.17, 15) is 0 Å². The minimum absolute atomic E-state index is 0.444. The van der Waals surface area contributed by atoms with Crippen molar-refractivity contribution >= 4 is 39.2 Å². The predicted octanol–water partition coefficient (Wildman–Crippen LogP) is 2.72. The van der Waals surface area contributed by atoms with Crippen LogP contribution >= 0.6 is 22.2 Å². The second kappa shape index (κ2) is 4.39. The first kappa shape index (κ1) is 3.92. The maximum absolute atomic E-state index is 7.97. The first-order valence-corrected chi connectivity index (χ1v) is 7.90. The van der Waals surface area contributed by atoms with Crippen molar-refractivity contribution in [1.29, 1.82) is 0 Å². The van der Waals surface area contributed by atoms with E-state index in [1.165, 1.54) is 0 Å². The summed E-state index contributed by atoms with van der Waals surface area (Å²) in [6, 6.07) is -6.57. The average Bonchev–Trinajstić information content (AvgIpc) is 2.54. The summed E-state index contributed by atoms with van der Waals surface area (Å²) < 4.78 is 77.9. The Kier molecular flexibility index (Phi) is 1.15. The van der Waals surface area contributed by atoms with Gasteiger partial charge < -0.3 is 0 Å². The van der Waals surface area contributed by atoms with E-state index in [1.807, 2.05) is 0 Å². The predicted molar refractivity (Wildman–Crippen MR) is 69.6 cm³/mol. The molecule has 0 heterocycles. The van der Waals surface area contributed by atoms with Crippen LogP contribution in [0.3, 0.4) is 0 Å². The maximum Gasteiger partial charge on any atom is 0.310 e. The highest BCUT2D eigenvalue weighted by molar-refractivity contribution is 7.56. The fraction of sp³-hybridized carbons (Fsp3) is 0. The molecule has 0 N–H and O–H groups in total. The zero-order valence-electron chi connectivity index (χ0n) is 17.3. The van der Waals surface area contributed by atoms with Crippen molar-refractivity contribution in [3.8, 4) is 0 Å². The summed E-state index contributed by atoms with van der Waals surface area (Å²) in [6.07, 6.45) is 0.